The van der Waals surface area contributed by atoms with Crippen molar-refractivity contribution in [1.29, 1.82) is 0 Å². The maximum Gasteiger partial charge on any atom is 0.239 e. The van der Waals surface area contributed by atoms with Gasteiger partial charge in [0.1, 0.15) is 4.90 Å². The summed E-state index contributed by atoms with van der Waals surface area (Å²) in [6, 6.07) is 8.23. The zero-order valence-corrected chi connectivity index (χ0v) is 13.7. The fourth-order valence-electron chi connectivity index (χ4n) is 2.13. The summed E-state index contributed by atoms with van der Waals surface area (Å²) in [5.74, 6) is 0. The minimum Gasteiger partial charge on any atom is -0.399 e. The van der Waals surface area contributed by atoms with Crippen LogP contribution in [-0.4, -0.2) is 16.8 Å². The van der Waals surface area contributed by atoms with Crippen molar-refractivity contribution >= 4 is 25.5 Å². The van der Waals surface area contributed by atoms with E-state index in [1.807, 2.05) is 0 Å². The van der Waals surface area contributed by atoms with Crippen LogP contribution in [0.5, 0.6) is 0 Å². The lowest BCUT2D eigenvalue weighted by Gasteiger charge is -2.13. The first-order chi connectivity index (χ1) is 10.0. The van der Waals surface area contributed by atoms with E-state index in [4.69, 9.17) is 10.9 Å². The highest BCUT2D eigenvalue weighted by molar-refractivity contribution is 7.93. The lowest BCUT2D eigenvalue weighted by Crippen LogP contribution is -2.17. The van der Waals surface area contributed by atoms with Crippen molar-refractivity contribution in [2.45, 2.75) is 28.5 Å². The van der Waals surface area contributed by atoms with Crippen molar-refractivity contribution in [2.75, 3.05) is 5.73 Å². The maximum atomic E-state index is 12.8. The predicted molar refractivity (Wildman–Crippen MR) is 83.6 cm³/mol. The smallest absolute Gasteiger partial charge is 0.239 e. The number of anilines is 1. The Morgan fingerprint density at radius 3 is 1.91 bits per heavy atom. The van der Waals surface area contributed by atoms with Crippen LogP contribution in [-0.2, 0) is 19.9 Å². The van der Waals surface area contributed by atoms with Gasteiger partial charge >= 0.3 is 0 Å². The summed E-state index contributed by atoms with van der Waals surface area (Å²) in [6.07, 6.45) is 0. The first-order valence-electron chi connectivity index (χ1n) is 6.29. The molecule has 0 aliphatic heterocycles. The number of nitrogen functional groups attached to an aromatic ring is 1. The summed E-state index contributed by atoms with van der Waals surface area (Å²) in [5, 5.41) is 5.11. The number of rotatable bonds is 3. The van der Waals surface area contributed by atoms with Gasteiger partial charge in [-0.05, 0) is 49.2 Å². The molecule has 2 aromatic carbocycles. The van der Waals surface area contributed by atoms with E-state index < -0.39 is 24.8 Å². The summed E-state index contributed by atoms with van der Waals surface area (Å²) in [4.78, 5) is -0.760. The molecule has 0 amide bonds. The van der Waals surface area contributed by atoms with Crippen LogP contribution >= 0.6 is 0 Å². The van der Waals surface area contributed by atoms with Gasteiger partial charge in [0.05, 0.1) is 9.79 Å². The molecule has 6 nitrogen and oxygen atoms in total. The number of nitrogens with two attached hydrogens (primary N) is 2. The fraction of sp³-hybridized carbons (Fsp3) is 0.143. The normalized spacial score (nSPS) is 12.3. The summed E-state index contributed by atoms with van der Waals surface area (Å²) in [6.45, 7) is 3.28. The lowest BCUT2D eigenvalue weighted by atomic mass is 10.1. The van der Waals surface area contributed by atoms with Crippen LogP contribution in [0.25, 0.3) is 0 Å². The molecule has 0 unspecified atom stereocenters. The zero-order chi connectivity index (χ0) is 16.7. The van der Waals surface area contributed by atoms with Gasteiger partial charge < -0.3 is 5.73 Å². The molecule has 8 heteroatoms. The molecule has 0 aliphatic carbocycles. The Bertz CT molecular complexity index is 949. The molecule has 0 aliphatic rings. The van der Waals surface area contributed by atoms with Crippen LogP contribution in [0.15, 0.2) is 51.1 Å². The molecule has 0 fully saturated rings. The molecule has 0 spiro atoms. The van der Waals surface area contributed by atoms with Gasteiger partial charge in [-0.3, -0.25) is 0 Å². The monoisotopic (exact) mass is 340 g/mol. The molecule has 118 valence electrons. The molecule has 0 saturated heterocycles. The topological polar surface area (TPSA) is 120 Å². The zero-order valence-electron chi connectivity index (χ0n) is 12.1. The molecule has 4 N–H and O–H groups in total. The fourth-order valence-corrected chi connectivity index (χ4v) is 5.06. The van der Waals surface area contributed by atoms with Crippen LogP contribution in [0.1, 0.15) is 11.1 Å². The van der Waals surface area contributed by atoms with Crippen LogP contribution in [0.3, 0.4) is 0 Å². The summed E-state index contributed by atoms with van der Waals surface area (Å²) in [7, 11) is -8.20. The van der Waals surface area contributed by atoms with Crippen LogP contribution in [0.4, 0.5) is 5.69 Å². The maximum absolute atomic E-state index is 12.8. The van der Waals surface area contributed by atoms with Gasteiger partial charge in [0.25, 0.3) is 0 Å². The summed E-state index contributed by atoms with van der Waals surface area (Å²) < 4.78 is 48.9. The number of hydrogen-bond acceptors (Lipinski definition) is 5. The molecule has 0 saturated carbocycles. The van der Waals surface area contributed by atoms with Crippen LogP contribution in [0, 0.1) is 13.8 Å². The molecule has 0 heterocycles. The SMILES string of the molecule is Cc1cc(S(=O)(=O)c2ccccc2S(N)(=O)=O)c(C)cc1N. The molecule has 22 heavy (non-hydrogen) atoms. The van der Waals surface area contributed by atoms with Gasteiger partial charge in [-0.1, -0.05) is 12.1 Å². The molecule has 0 aromatic heterocycles. The third-order valence-electron chi connectivity index (χ3n) is 3.30. The average Bonchev–Trinajstić information content (AvgIpc) is 2.41. The first-order valence-corrected chi connectivity index (χ1v) is 9.31. The van der Waals surface area contributed by atoms with E-state index in [9.17, 15) is 16.8 Å². The Morgan fingerprint density at radius 1 is 0.818 bits per heavy atom. The Balaban J connectivity index is 2.81. The minimum absolute atomic E-state index is 0.00954. The Hall–Kier alpha value is -1.90. The van der Waals surface area contributed by atoms with Crippen molar-refractivity contribution < 1.29 is 16.8 Å². The number of hydrogen-bond donors (Lipinski definition) is 2. The molecule has 0 atom stereocenters. The van der Waals surface area contributed by atoms with E-state index in [0.29, 0.717) is 16.8 Å². The van der Waals surface area contributed by atoms with E-state index in [-0.39, 0.29) is 9.79 Å². The standard InChI is InChI=1S/C14H16N2O4S2/c1-9-8-14(10(2)7-11(9)15)21(17,18)12-5-3-4-6-13(12)22(16,19)20/h3-8H,15H2,1-2H3,(H2,16,19,20). The van der Waals surface area contributed by atoms with Crippen molar-refractivity contribution in [3.8, 4) is 0 Å². The average molecular weight is 340 g/mol. The second-order valence-corrected chi connectivity index (χ2v) is 8.39. The van der Waals surface area contributed by atoms with Crippen molar-refractivity contribution in [2.24, 2.45) is 5.14 Å². The largest absolute Gasteiger partial charge is 0.399 e. The highest BCUT2D eigenvalue weighted by Crippen LogP contribution is 2.30. The number of sulfone groups is 1. The highest BCUT2D eigenvalue weighted by Gasteiger charge is 2.27. The number of aryl methyl sites for hydroxylation is 2. The van der Waals surface area contributed by atoms with Gasteiger partial charge in [-0.15, -0.1) is 0 Å². The third-order valence-corrected chi connectivity index (χ3v) is 6.35. The van der Waals surface area contributed by atoms with Crippen LogP contribution < -0.4 is 10.9 Å². The lowest BCUT2D eigenvalue weighted by molar-refractivity contribution is 0.583. The van der Waals surface area contributed by atoms with Crippen molar-refractivity contribution in [1.82, 2.24) is 0 Å². The van der Waals surface area contributed by atoms with Crippen LogP contribution in [0.2, 0.25) is 0 Å². The van der Waals surface area contributed by atoms with E-state index in [0.717, 1.165) is 0 Å². The van der Waals surface area contributed by atoms with Gasteiger partial charge in [-0.25, -0.2) is 22.0 Å². The Kier molecular flexibility index (Phi) is 4.03. The first kappa shape index (κ1) is 16.5. The second-order valence-electron chi connectivity index (χ2n) is 4.97. The van der Waals surface area contributed by atoms with Gasteiger partial charge in [0.15, 0.2) is 0 Å². The molecular weight excluding hydrogens is 324 g/mol. The summed E-state index contributed by atoms with van der Waals surface area (Å²) in [5.41, 5.74) is 7.26. The van der Waals surface area contributed by atoms with Gasteiger partial charge in [-0.2, -0.15) is 0 Å². The van der Waals surface area contributed by atoms with E-state index >= 15 is 0 Å². The second kappa shape index (κ2) is 5.38. The van der Waals surface area contributed by atoms with E-state index in [1.165, 1.54) is 30.3 Å². The van der Waals surface area contributed by atoms with Crippen molar-refractivity contribution in [3.05, 3.63) is 47.5 Å². The predicted octanol–water partition coefficient (Wildman–Crippen LogP) is 1.37. The summed E-state index contributed by atoms with van der Waals surface area (Å²) >= 11 is 0. The molecule has 0 radical (unpaired) electrons. The molecule has 2 rings (SSSR count). The Morgan fingerprint density at radius 2 is 1.36 bits per heavy atom. The molecule has 0 bridgehead atoms. The molecule has 2 aromatic rings. The number of sulfonamides is 1. The number of benzene rings is 2. The Labute approximate surface area is 129 Å². The highest BCUT2D eigenvalue weighted by atomic mass is 32.2. The van der Waals surface area contributed by atoms with Gasteiger partial charge in [0.2, 0.25) is 19.9 Å². The third kappa shape index (κ3) is 2.85. The molecular formula is C14H16N2O4S2. The van der Waals surface area contributed by atoms with E-state index in [1.54, 1.807) is 19.9 Å². The number of primary sulfonamides is 1. The minimum atomic E-state index is -4.16. The van der Waals surface area contributed by atoms with E-state index in [2.05, 4.69) is 0 Å². The van der Waals surface area contributed by atoms with Gasteiger partial charge in [0, 0.05) is 5.69 Å². The quantitative estimate of drug-likeness (QED) is 0.817. The van der Waals surface area contributed by atoms with Crippen molar-refractivity contribution in [3.63, 3.8) is 0 Å².